The van der Waals surface area contributed by atoms with Gasteiger partial charge in [0.05, 0.1) is 5.69 Å². The Morgan fingerprint density at radius 1 is 0.923 bits per heavy atom. The maximum Gasteiger partial charge on any atom is 0.318 e. The molecule has 2 saturated heterocycles. The van der Waals surface area contributed by atoms with E-state index < -0.39 is 6.03 Å². The number of rotatable bonds is 1. The number of amides is 2. The van der Waals surface area contributed by atoms with Crippen LogP contribution in [0.3, 0.4) is 0 Å². The number of carbonyl (C=O) groups is 1. The highest BCUT2D eigenvalue weighted by Crippen LogP contribution is 2.24. The van der Waals surface area contributed by atoms with Gasteiger partial charge in [0.25, 0.3) is 0 Å². The Morgan fingerprint density at radius 2 is 1.54 bits per heavy atom. The lowest BCUT2D eigenvalue weighted by Crippen LogP contribution is -2.56. The molecule has 0 unspecified atom stereocenters. The van der Waals surface area contributed by atoms with Crippen molar-refractivity contribution in [2.75, 3.05) is 44.2 Å². The number of nitrogens with zero attached hydrogens (tertiary/aromatic N) is 6. The Kier molecular flexibility index (Phi) is 9.78. The number of piperidine rings is 2. The maximum absolute atomic E-state index is 12.3. The minimum Gasteiger partial charge on any atom is -0.351 e. The number of carbonyl (C=O) groups excluding carboxylic acids is 1. The van der Waals surface area contributed by atoms with Gasteiger partial charge in [0, 0.05) is 39.3 Å². The second kappa shape index (κ2) is 13.4. The van der Waals surface area contributed by atoms with Gasteiger partial charge in [-0.05, 0) is 83.3 Å². The third-order valence-corrected chi connectivity index (χ3v) is 7.56. The number of guanidine groups is 4. The number of aryl methyl sites for hydroxylation is 2. The Balaban J connectivity index is 1.79. The molecule has 4 rings (SSSR count). The van der Waals surface area contributed by atoms with Crippen molar-refractivity contribution in [2.45, 2.75) is 71.6 Å². The second-order valence-electron chi connectivity index (χ2n) is 10.7. The zero-order chi connectivity index (χ0) is 27.8. The molecule has 5 N–H and O–H groups in total. The van der Waals surface area contributed by atoms with Gasteiger partial charge < -0.3 is 15.5 Å². The minimum absolute atomic E-state index is 0.126. The van der Waals surface area contributed by atoms with Crippen molar-refractivity contribution < 1.29 is 4.79 Å². The molecule has 0 bridgehead atoms. The summed E-state index contributed by atoms with van der Waals surface area (Å²) in [5.41, 5.74) is 8.48. The van der Waals surface area contributed by atoms with E-state index in [0.29, 0.717) is 25.0 Å². The normalized spacial score (nSPS) is 19.1. The Morgan fingerprint density at radius 3 is 2.18 bits per heavy atom. The first-order valence-electron chi connectivity index (χ1n) is 14.4. The van der Waals surface area contributed by atoms with E-state index in [4.69, 9.17) is 21.1 Å². The number of nitrogens with two attached hydrogens (primary N) is 1. The molecule has 3 aliphatic rings. The molecule has 0 saturated carbocycles. The largest absolute Gasteiger partial charge is 0.351 e. The fourth-order valence-corrected chi connectivity index (χ4v) is 5.47. The molecule has 11 heteroatoms. The SMILES string of the molecule is Cc1ccc(N(C(=N)N2CCCCC2)/C(=N/C2=NCCCCCN2C(=N)N2CCCCC2)NC(N)=O)c(C)c1. The highest BCUT2D eigenvalue weighted by Gasteiger charge is 2.30. The summed E-state index contributed by atoms with van der Waals surface area (Å²) in [7, 11) is 0. The molecule has 39 heavy (non-hydrogen) atoms. The summed E-state index contributed by atoms with van der Waals surface area (Å²) in [4.78, 5) is 29.7. The molecule has 212 valence electrons. The molecule has 0 aromatic heterocycles. The van der Waals surface area contributed by atoms with Crippen LogP contribution >= 0.6 is 0 Å². The summed E-state index contributed by atoms with van der Waals surface area (Å²) >= 11 is 0. The Hall–Kier alpha value is -3.63. The van der Waals surface area contributed by atoms with Crippen LogP contribution in [0.25, 0.3) is 0 Å². The van der Waals surface area contributed by atoms with Gasteiger partial charge in [-0.1, -0.05) is 17.7 Å². The first-order chi connectivity index (χ1) is 18.8. The van der Waals surface area contributed by atoms with Crippen molar-refractivity contribution in [3.63, 3.8) is 0 Å². The van der Waals surface area contributed by atoms with Gasteiger partial charge >= 0.3 is 6.03 Å². The van der Waals surface area contributed by atoms with Crippen LogP contribution in [0, 0.1) is 24.7 Å². The van der Waals surface area contributed by atoms with Gasteiger partial charge in [0.2, 0.25) is 23.8 Å². The second-order valence-corrected chi connectivity index (χ2v) is 10.7. The van der Waals surface area contributed by atoms with Crippen LogP contribution in [-0.2, 0) is 0 Å². The average molecular weight is 537 g/mol. The average Bonchev–Trinajstić information content (AvgIpc) is 2.92. The summed E-state index contributed by atoms with van der Waals surface area (Å²) in [6.45, 7) is 8.43. The first kappa shape index (κ1) is 28.4. The lowest BCUT2D eigenvalue weighted by molar-refractivity contribution is 0.253. The number of hydrogen-bond acceptors (Lipinski definition) is 5. The van der Waals surface area contributed by atoms with E-state index in [-0.39, 0.29) is 11.9 Å². The van der Waals surface area contributed by atoms with Crippen LogP contribution in [0.5, 0.6) is 0 Å². The van der Waals surface area contributed by atoms with Crippen LogP contribution in [-0.4, -0.2) is 83.8 Å². The van der Waals surface area contributed by atoms with Crippen LogP contribution in [0.4, 0.5) is 10.5 Å². The Bertz CT molecular complexity index is 1100. The molecule has 11 nitrogen and oxygen atoms in total. The van der Waals surface area contributed by atoms with E-state index in [0.717, 1.165) is 94.4 Å². The van der Waals surface area contributed by atoms with Gasteiger partial charge in [-0.15, -0.1) is 0 Å². The predicted molar refractivity (Wildman–Crippen MR) is 158 cm³/mol. The van der Waals surface area contributed by atoms with Gasteiger partial charge in [-0.25, -0.2) is 4.79 Å². The van der Waals surface area contributed by atoms with E-state index in [1.54, 1.807) is 4.90 Å². The van der Waals surface area contributed by atoms with E-state index in [1.807, 2.05) is 35.8 Å². The third-order valence-electron chi connectivity index (χ3n) is 7.56. The monoisotopic (exact) mass is 536 g/mol. The molecule has 0 atom stereocenters. The molecular weight excluding hydrogens is 492 g/mol. The standard InChI is InChI=1S/C28H44N10O/c1-21-12-13-23(22(2)20-21)38(26(31)36-17-9-5-10-18-36)28(33-24(29)39)34-27-32-14-6-3-11-19-37(27)25(30)35-15-7-4-8-16-35/h12-13,20,30-31H,3-11,14-19H2,1-2H3,(H3,29,32,33,34,39). The lowest BCUT2D eigenvalue weighted by atomic mass is 10.1. The molecule has 1 aromatic carbocycles. The van der Waals surface area contributed by atoms with Gasteiger partial charge in [-0.2, -0.15) is 4.99 Å². The van der Waals surface area contributed by atoms with Crippen LogP contribution in [0.2, 0.25) is 0 Å². The first-order valence-corrected chi connectivity index (χ1v) is 14.4. The topological polar surface area (TPSA) is 140 Å². The number of primary amides is 1. The summed E-state index contributed by atoms with van der Waals surface area (Å²) in [6.07, 6.45) is 9.35. The predicted octanol–water partition coefficient (Wildman–Crippen LogP) is 3.82. The van der Waals surface area contributed by atoms with Crippen molar-refractivity contribution in [3.8, 4) is 0 Å². The minimum atomic E-state index is -0.765. The number of anilines is 1. The molecule has 0 aliphatic carbocycles. The quantitative estimate of drug-likeness (QED) is 0.319. The zero-order valence-corrected chi connectivity index (χ0v) is 23.5. The number of benzene rings is 1. The number of aliphatic imine (C=N–C) groups is 2. The van der Waals surface area contributed by atoms with Crippen molar-refractivity contribution in [2.24, 2.45) is 15.7 Å². The molecule has 3 heterocycles. The summed E-state index contributed by atoms with van der Waals surface area (Å²) in [5.74, 6) is 1.12. The molecular formula is C28H44N10O. The number of hydrogen-bond donors (Lipinski definition) is 4. The van der Waals surface area contributed by atoms with Crippen LogP contribution in [0.15, 0.2) is 28.2 Å². The van der Waals surface area contributed by atoms with E-state index in [2.05, 4.69) is 16.3 Å². The number of urea groups is 1. The van der Waals surface area contributed by atoms with Crippen molar-refractivity contribution >= 4 is 35.6 Å². The van der Waals surface area contributed by atoms with Gasteiger partial charge in [0.15, 0.2) is 0 Å². The highest BCUT2D eigenvalue weighted by atomic mass is 16.2. The summed E-state index contributed by atoms with van der Waals surface area (Å²) in [5, 5.41) is 21.0. The third kappa shape index (κ3) is 7.27. The van der Waals surface area contributed by atoms with Gasteiger partial charge in [-0.3, -0.25) is 30.9 Å². The Labute approximate surface area is 232 Å². The van der Waals surface area contributed by atoms with E-state index >= 15 is 0 Å². The smallest absolute Gasteiger partial charge is 0.318 e. The van der Waals surface area contributed by atoms with E-state index in [9.17, 15) is 10.2 Å². The molecule has 3 aliphatic heterocycles. The number of likely N-dealkylation sites (tertiary alicyclic amines) is 2. The maximum atomic E-state index is 12.3. The van der Waals surface area contributed by atoms with E-state index in [1.165, 1.54) is 6.42 Å². The van der Waals surface area contributed by atoms with Crippen molar-refractivity contribution in [1.29, 1.82) is 10.8 Å². The highest BCUT2D eigenvalue weighted by molar-refractivity contribution is 6.22. The lowest BCUT2D eigenvalue weighted by Gasteiger charge is -2.37. The molecule has 0 radical (unpaired) electrons. The summed E-state index contributed by atoms with van der Waals surface area (Å²) in [6, 6.07) is 5.24. The molecule has 1 aromatic rings. The van der Waals surface area contributed by atoms with Gasteiger partial charge in [0.1, 0.15) is 0 Å². The molecule has 2 fully saturated rings. The molecule has 2 amide bonds. The number of nitrogens with one attached hydrogen (secondary N) is 3. The van der Waals surface area contributed by atoms with Crippen LogP contribution in [0.1, 0.15) is 68.9 Å². The zero-order valence-electron chi connectivity index (χ0n) is 23.5. The van der Waals surface area contributed by atoms with Crippen molar-refractivity contribution in [1.82, 2.24) is 20.0 Å². The van der Waals surface area contributed by atoms with Crippen LogP contribution < -0.4 is 16.0 Å². The molecule has 0 spiro atoms. The summed E-state index contributed by atoms with van der Waals surface area (Å²) < 4.78 is 0. The van der Waals surface area contributed by atoms with Crippen molar-refractivity contribution in [3.05, 3.63) is 29.3 Å². The fourth-order valence-electron chi connectivity index (χ4n) is 5.47. The fraction of sp³-hybridized carbons (Fsp3) is 0.607.